The molecule has 10 heteroatoms. The van der Waals surface area contributed by atoms with Crippen LogP contribution in [0.2, 0.25) is 0 Å². The highest BCUT2D eigenvalue weighted by atomic mass is 19.4. The molecule has 1 aromatic heterocycles. The molecule has 0 saturated carbocycles. The molecule has 124 valence electrons. The summed E-state index contributed by atoms with van der Waals surface area (Å²) in [5.41, 5.74) is 4.58. The van der Waals surface area contributed by atoms with E-state index in [1.807, 2.05) is 0 Å². The number of hydrogen-bond acceptors (Lipinski definition) is 7. The van der Waals surface area contributed by atoms with E-state index in [-0.39, 0.29) is 11.8 Å². The molecule has 1 aliphatic rings. The van der Waals surface area contributed by atoms with Gasteiger partial charge in [-0.15, -0.1) is 0 Å². The average Bonchev–Trinajstić information content (AvgIpc) is 2.87. The van der Waals surface area contributed by atoms with Gasteiger partial charge in [0.25, 0.3) is 0 Å². The third kappa shape index (κ3) is 3.14. The van der Waals surface area contributed by atoms with E-state index in [2.05, 4.69) is 37.5 Å². The molecule has 0 fully saturated rings. The van der Waals surface area contributed by atoms with Crippen LogP contribution in [0.5, 0.6) is 0 Å². The molecule has 0 bridgehead atoms. The van der Waals surface area contributed by atoms with E-state index in [4.69, 9.17) is 5.26 Å². The summed E-state index contributed by atoms with van der Waals surface area (Å²) >= 11 is 0. The van der Waals surface area contributed by atoms with Crippen LogP contribution in [0.25, 0.3) is 0 Å². The van der Waals surface area contributed by atoms with Crippen molar-refractivity contribution in [3.05, 3.63) is 23.7 Å². The second-order valence-electron chi connectivity index (χ2n) is 5.21. The van der Waals surface area contributed by atoms with E-state index in [0.29, 0.717) is 11.9 Å². The first kappa shape index (κ1) is 16.8. The number of anilines is 2. The maximum absolute atomic E-state index is 12.8. The number of alkyl halides is 3. The Morgan fingerprint density at radius 3 is 2.70 bits per heavy atom. The fraction of sp³-hybridized carbons (Fsp3) is 0.462. The van der Waals surface area contributed by atoms with Crippen molar-refractivity contribution in [1.82, 2.24) is 20.8 Å². The first-order valence-corrected chi connectivity index (χ1v) is 6.74. The molecule has 0 saturated heterocycles. The quantitative estimate of drug-likeness (QED) is 0.669. The molecule has 2 atom stereocenters. The van der Waals surface area contributed by atoms with Crippen LogP contribution in [0.15, 0.2) is 18.1 Å². The second-order valence-corrected chi connectivity index (χ2v) is 5.21. The Balaban J connectivity index is 2.30. The van der Waals surface area contributed by atoms with Crippen LogP contribution in [-0.4, -0.2) is 22.6 Å². The summed E-state index contributed by atoms with van der Waals surface area (Å²) in [5, 5.41) is 14.4. The highest BCUT2D eigenvalue weighted by Gasteiger charge is 2.39. The summed E-state index contributed by atoms with van der Waals surface area (Å²) < 4.78 is 38.5. The zero-order valence-corrected chi connectivity index (χ0v) is 12.7. The molecule has 4 N–H and O–H groups in total. The van der Waals surface area contributed by atoms with E-state index < -0.39 is 23.2 Å². The van der Waals surface area contributed by atoms with Crippen LogP contribution < -0.4 is 21.5 Å². The van der Waals surface area contributed by atoms with Crippen LogP contribution in [0, 0.1) is 17.2 Å². The summed E-state index contributed by atoms with van der Waals surface area (Å²) in [6.07, 6.45) is -2.26. The number of aromatic nitrogens is 2. The SMILES string of the molecule is CNc1nc(NC2=CNNC2(C)[C@H](C)C#N)ncc1C(F)(F)F. The number of halogens is 3. The molecule has 1 aliphatic heterocycles. The lowest BCUT2D eigenvalue weighted by molar-refractivity contribution is -0.137. The summed E-state index contributed by atoms with van der Waals surface area (Å²) in [6, 6.07) is 2.13. The largest absolute Gasteiger partial charge is 0.421 e. The molecule has 0 spiro atoms. The Bertz CT molecular complexity index is 665. The van der Waals surface area contributed by atoms with Gasteiger partial charge in [-0.25, -0.2) is 10.4 Å². The van der Waals surface area contributed by atoms with E-state index >= 15 is 0 Å². The Morgan fingerprint density at radius 1 is 1.43 bits per heavy atom. The zero-order chi connectivity index (χ0) is 17.3. The Labute approximate surface area is 131 Å². The Hall–Kier alpha value is -2.54. The van der Waals surface area contributed by atoms with Crippen molar-refractivity contribution >= 4 is 11.8 Å². The summed E-state index contributed by atoms with van der Waals surface area (Å²) in [7, 11) is 1.35. The minimum atomic E-state index is -4.55. The van der Waals surface area contributed by atoms with Gasteiger partial charge in [-0.3, -0.25) is 0 Å². The Morgan fingerprint density at radius 2 is 2.13 bits per heavy atom. The van der Waals surface area contributed by atoms with Gasteiger partial charge in [0.1, 0.15) is 11.4 Å². The van der Waals surface area contributed by atoms with Gasteiger partial charge in [0.05, 0.1) is 23.2 Å². The highest BCUT2D eigenvalue weighted by Crippen LogP contribution is 2.34. The van der Waals surface area contributed by atoms with Gasteiger partial charge in [0.15, 0.2) is 0 Å². The number of nitrogens with zero attached hydrogens (tertiary/aromatic N) is 3. The maximum atomic E-state index is 12.8. The molecule has 0 amide bonds. The minimum absolute atomic E-state index is 0.00420. The monoisotopic (exact) mass is 327 g/mol. The predicted molar refractivity (Wildman–Crippen MR) is 77.7 cm³/mol. The highest BCUT2D eigenvalue weighted by molar-refractivity contribution is 5.51. The lowest BCUT2D eigenvalue weighted by Gasteiger charge is -2.30. The zero-order valence-electron chi connectivity index (χ0n) is 12.7. The summed E-state index contributed by atoms with van der Waals surface area (Å²) in [5.74, 6) is -0.741. The number of nitriles is 1. The first-order chi connectivity index (χ1) is 10.7. The maximum Gasteiger partial charge on any atom is 0.421 e. The number of nitrogens with one attached hydrogen (secondary N) is 4. The lowest BCUT2D eigenvalue weighted by Crippen LogP contribution is -2.50. The molecular weight excluding hydrogens is 311 g/mol. The summed E-state index contributed by atoms with van der Waals surface area (Å²) in [4.78, 5) is 7.55. The molecule has 0 radical (unpaired) electrons. The van der Waals surface area contributed by atoms with Gasteiger partial charge in [-0.1, -0.05) is 0 Å². The van der Waals surface area contributed by atoms with Gasteiger partial charge >= 0.3 is 6.18 Å². The van der Waals surface area contributed by atoms with Gasteiger partial charge in [-0.05, 0) is 13.8 Å². The van der Waals surface area contributed by atoms with E-state index in [1.54, 1.807) is 20.0 Å². The lowest BCUT2D eigenvalue weighted by atomic mass is 9.86. The van der Waals surface area contributed by atoms with Crippen LogP contribution in [0.3, 0.4) is 0 Å². The third-order valence-corrected chi connectivity index (χ3v) is 3.74. The van der Waals surface area contributed by atoms with E-state index in [0.717, 1.165) is 0 Å². The van der Waals surface area contributed by atoms with Crippen molar-refractivity contribution in [3.63, 3.8) is 0 Å². The molecule has 1 unspecified atom stereocenters. The standard InChI is InChI=1S/C13H16F3N7/c1-7(4-17)12(2)9(6-20-23-12)21-11-19-5-8(13(14,15)16)10(18-3)22-11/h5-7,20,23H,1-3H3,(H2,18,19,21,22)/t7-,12?/m1/s1. The smallest absolute Gasteiger partial charge is 0.372 e. The summed E-state index contributed by atoms with van der Waals surface area (Å²) in [6.45, 7) is 3.50. The molecule has 2 rings (SSSR count). The molecule has 23 heavy (non-hydrogen) atoms. The molecule has 0 aromatic carbocycles. The third-order valence-electron chi connectivity index (χ3n) is 3.74. The fourth-order valence-corrected chi connectivity index (χ4v) is 2.07. The topological polar surface area (TPSA) is 97.7 Å². The second kappa shape index (κ2) is 5.92. The predicted octanol–water partition coefficient (Wildman–Crippen LogP) is 1.82. The van der Waals surface area contributed by atoms with Gasteiger partial charge in [-0.2, -0.15) is 23.4 Å². The molecule has 7 nitrogen and oxygen atoms in total. The van der Waals surface area contributed by atoms with Crippen molar-refractivity contribution in [3.8, 4) is 6.07 Å². The van der Waals surface area contributed by atoms with Crippen LogP contribution in [0.4, 0.5) is 24.9 Å². The van der Waals surface area contributed by atoms with E-state index in [9.17, 15) is 13.2 Å². The van der Waals surface area contributed by atoms with Crippen LogP contribution in [0.1, 0.15) is 19.4 Å². The van der Waals surface area contributed by atoms with Crippen LogP contribution in [-0.2, 0) is 6.18 Å². The minimum Gasteiger partial charge on any atom is -0.372 e. The van der Waals surface area contributed by atoms with Crippen LogP contribution >= 0.6 is 0 Å². The van der Waals surface area contributed by atoms with Gasteiger partial charge < -0.3 is 16.1 Å². The number of hydrazine groups is 1. The van der Waals surface area contributed by atoms with Crippen molar-refractivity contribution in [1.29, 1.82) is 5.26 Å². The molecule has 2 heterocycles. The first-order valence-electron chi connectivity index (χ1n) is 6.74. The van der Waals surface area contributed by atoms with Crippen molar-refractivity contribution < 1.29 is 13.2 Å². The normalized spacial score (nSPS) is 21.9. The van der Waals surface area contributed by atoms with Crippen molar-refractivity contribution in [2.24, 2.45) is 5.92 Å². The molecule has 1 aromatic rings. The van der Waals surface area contributed by atoms with Crippen molar-refractivity contribution in [2.75, 3.05) is 17.7 Å². The Kier molecular flexibility index (Phi) is 4.33. The van der Waals surface area contributed by atoms with Crippen molar-refractivity contribution in [2.45, 2.75) is 25.6 Å². The molecular formula is C13H16F3N7. The average molecular weight is 327 g/mol. The number of hydrogen-bond donors (Lipinski definition) is 4. The van der Waals surface area contributed by atoms with E-state index in [1.165, 1.54) is 7.05 Å². The number of rotatable bonds is 4. The fourth-order valence-electron chi connectivity index (χ4n) is 2.07. The van der Waals surface area contributed by atoms with Gasteiger partial charge in [0, 0.05) is 19.4 Å². The molecule has 0 aliphatic carbocycles. The van der Waals surface area contributed by atoms with Gasteiger partial charge in [0.2, 0.25) is 5.95 Å².